The number of rotatable bonds is 15. The van der Waals surface area contributed by atoms with E-state index in [9.17, 15) is 0 Å². The van der Waals surface area contributed by atoms with Crippen LogP contribution in [0.5, 0.6) is 0 Å². The van der Waals surface area contributed by atoms with Crippen molar-refractivity contribution in [2.75, 3.05) is 14.7 Å². The van der Waals surface area contributed by atoms with Gasteiger partial charge in [0.2, 0.25) is 0 Å². The van der Waals surface area contributed by atoms with Crippen LogP contribution in [0.1, 0.15) is 114 Å². The van der Waals surface area contributed by atoms with E-state index < -0.39 is 0 Å². The highest BCUT2D eigenvalue weighted by atomic mass is 15.2. The summed E-state index contributed by atoms with van der Waals surface area (Å²) in [5.74, 6) is 1.60. The van der Waals surface area contributed by atoms with Crippen LogP contribution in [0.15, 0.2) is 183 Å². The van der Waals surface area contributed by atoms with Crippen LogP contribution >= 0.6 is 0 Å². The summed E-state index contributed by atoms with van der Waals surface area (Å²) in [6.07, 6.45) is 20.5. The highest BCUT2D eigenvalue weighted by Gasteiger charge is 2.58. The van der Waals surface area contributed by atoms with E-state index in [-0.39, 0.29) is 10.8 Å². The summed E-state index contributed by atoms with van der Waals surface area (Å²) >= 11 is 0. The number of benzene rings is 8. The molecule has 0 N–H and O–H groups in total. The van der Waals surface area contributed by atoms with Crippen molar-refractivity contribution < 1.29 is 0 Å². The molecular weight excluding hydrogens is 883 g/mol. The van der Waals surface area contributed by atoms with Gasteiger partial charge in [0.1, 0.15) is 0 Å². The molecule has 4 fully saturated rings. The molecule has 15 rings (SSSR count). The van der Waals surface area contributed by atoms with Gasteiger partial charge in [0, 0.05) is 51.2 Å². The molecular formula is C70H67N3. The molecule has 3 nitrogen and oxygen atoms in total. The van der Waals surface area contributed by atoms with Gasteiger partial charge in [-0.15, -0.1) is 0 Å². The summed E-state index contributed by atoms with van der Waals surface area (Å²) in [4.78, 5) is 7.40. The number of hydrogen-bond donors (Lipinski definition) is 0. The predicted molar refractivity (Wildman–Crippen MR) is 306 cm³/mol. The van der Waals surface area contributed by atoms with Gasteiger partial charge in [0.15, 0.2) is 0 Å². The molecule has 0 aliphatic heterocycles. The SMILES string of the molecule is C=Cc1ccc(C23CC4CC(C2)CC(c2ccc(N(c5ccc(CCCC)cc5)c5ccc(N(c6ccc(N(c7ccc8c(c7)CC8)c7ccc8c(c7)CC8)cc6)c6ccc7c(c6)CC7)cc5)cc2)(C4)C3)cc1. The Labute approximate surface area is 433 Å². The molecule has 7 aliphatic rings. The fourth-order valence-corrected chi connectivity index (χ4v) is 14.9. The minimum atomic E-state index is 0.232. The molecule has 2 unspecified atom stereocenters. The second kappa shape index (κ2) is 17.8. The Balaban J connectivity index is 0.807. The summed E-state index contributed by atoms with van der Waals surface area (Å²) in [5, 5.41) is 0. The lowest BCUT2D eigenvalue weighted by Gasteiger charge is -2.63. The Morgan fingerprint density at radius 3 is 1.10 bits per heavy atom. The summed E-state index contributed by atoms with van der Waals surface area (Å²) < 4.78 is 0. The van der Waals surface area contributed by atoms with Crippen LogP contribution in [0.25, 0.3) is 6.08 Å². The van der Waals surface area contributed by atoms with Gasteiger partial charge in [-0.05, 0) is 277 Å². The van der Waals surface area contributed by atoms with E-state index in [1.54, 1.807) is 11.1 Å². The summed E-state index contributed by atoms with van der Waals surface area (Å²) in [5.41, 5.74) is 25.8. The summed E-state index contributed by atoms with van der Waals surface area (Å²) in [6.45, 7) is 6.32. The van der Waals surface area contributed by atoms with Gasteiger partial charge in [0.25, 0.3) is 0 Å². The van der Waals surface area contributed by atoms with Gasteiger partial charge in [-0.1, -0.05) is 92.7 Å². The van der Waals surface area contributed by atoms with Crippen LogP contribution < -0.4 is 14.7 Å². The molecule has 8 aromatic carbocycles. The maximum Gasteiger partial charge on any atom is 0.0464 e. The van der Waals surface area contributed by atoms with E-state index in [0.29, 0.717) is 0 Å². The molecule has 4 saturated carbocycles. The third kappa shape index (κ3) is 7.85. The maximum atomic E-state index is 4.04. The van der Waals surface area contributed by atoms with Gasteiger partial charge in [-0.25, -0.2) is 0 Å². The highest BCUT2D eigenvalue weighted by molar-refractivity contribution is 5.84. The number of anilines is 9. The molecule has 3 heteroatoms. The standard InChI is InChI=1S/C70H67N3/c1-3-5-6-49-9-24-60(25-10-49)71(61-29-22-59(23-30-61)70-45-50-39-51(46-70)44-69(43-50,47-70)58-20-7-48(4-2)8-21-58)62-31-33-63(34-32-62)72(66-26-17-52-11-14-55(52)40-66)64-35-37-65(38-36-64)73(67-27-18-53-12-15-56(53)41-67)68-28-19-54-13-16-57(54)42-68/h4,7-10,17-38,40-42,50-51H,2-3,5-6,11-16,39,43-47H2,1H3. The molecule has 0 saturated heterocycles. The molecule has 0 spiro atoms. The molecule has 4 bridgehead atoms. The fourth-order valence-electron chi connectivity index (χ4n) is 14.9. The minimum Gasteiger partial charge on any atom is -0.311 e. The zero-order valence-corrected chi connectivity index (χ0v) is 42.6. The Morgan fingerprint density at radius 1 is 0.411 bits per heavy atom. The van der Waals surface area contributed by atoms with Crippen LogP contribution in [0, 0.1) is 11.8 Å². The Kier molecular flexibility index (Phi) is 10.9. The van der Waals surface area contributed by atoms with Crippen molar-refractivity contribution in [2.24, 2.45) is 11.8 Å². The molecule has 7 aliphatic carbocycles. The van der Waals surface area contributed by atoms with Crippen molar-refractivity contribution in [1.29, 1.82) is 0 Å². The first-order valence-electron chi connectivity index (χ1n) is 27.8. The quantitative estimate of drug-likeness (QED) is 0.101. The molecule has 0 heterocycles. The highest BCUT2D eigenvalue weighted by Crippen LogP contribution is 2.66. The molecule has 0 radical (unpaired) electrons. The van der Waals surface area contributed by atoms with Gasteiger partial charge < -0.3 is 14.7 Å². The smallest absolute Gasteiger partial charge is 0.0464 e. The number of aryl methyl sites for hydroxylation is 7. The Bertz CT molecular complexity index is 3290. The molecule has 8 aromatic rings. The number of hydrogen-bond acceptors (Lipinski definition) is 3. The Morgan fingerprint density at radius 2 is 0.740 bits per heavy atom. The van der Waals surface area contributed by atoms with Crippen LogP contribution in [0.2, 0.25) is 0 Å². The lowest BCUT2D eigenvalue weighted by molar-refractivity contribution is -0.0281. The second-order valence-electron chi connectivity index (χ2n) is 23.1. The van der Waals surface area contributed by atoms with Crippen molar-refractivity contribution in [3.05, 3.63) is 238 Å². The Hall–Kier alpha value is -7.10. The monoisotopic (exact) mass is 950 g/mol. The van der Waals surface area contributed by atoms with E-state index in [1.165, 1.54) is 162 Å². The first-order valence-corrected chi connectivity index (χ1v) is 27.8. The normalized spacial score (nSPS) is 21.4. The molecule has 0 amide bonds. The van der Waals surface area contributed by atoms with Crippen molar-refractivity contribution in [1.82, 2.24) is 0 Å². The van der Waals surface area contributed by atoms with Crippen molar-refractivity contribution >= 4 is 57.3 Å². The van der Waals surface area contributed by atoms with Crippen molar-refractivity contribution in [3.63, 3.8) is 0 Å². The fraction of sp³-hybridized carbons (Fsp3) is 0.286. The van der Waals surface area contributed by atoms with E-state index in [2.05, 4.69) is 204 Å². The van der Waals surface area contributed by atoms with Gasteiger partial charge >= 0.3 is 0 Å². The molecule has 73 heavy (non-hydrogen) atoms. The van der Waals surface area contributed by atoms with Gasteiger partial charge in [-0.2, -0.15) is 0 Å². The van der Waals surface area contributed by atoms with E-state index >= 15 is 0 Å². The zero-order chi connectivity index (χ0) is 48.7. The largest absolute Gasteiger partial charge is 0.311 e. The number of nitrogens with zero attached hydrogens (tertiary/aromatic N) is 3. The molecule has 362 valence electrons. The second-order valence-corrected chi connectivity index (χ2v) is 23.1. The third-order valence-electron chi connectivity index (χ3n) is 18.6. The van der Waals surface area contributed by atoms with Crippen LogP contribution in [0.3, 0.4) is 0 Å². The first-order chi connectivity index (χ1) is 35.9. The topological polar surface area (TPSA) is 9.72 Å². The van der Waals surface area contributed by atoms with Crippen LogP contribution in [0.4, 0.5) is 51.2 Å². The average molecular weight is 950 g/mol. The zero-order valence-electron chi connectivity index (χ0n) is 42.6. The van der Waals surface area contributed by atoms with Gasteiger partial charge in [0.05, 0.1) is 0 Å². The lowest BCUT2D eigenvalue weighted by Crippen LogP contribution is -2.55. The average Bonchev–Trinajstić information content (AvgIpc) is 3.39. The number of unbranched alkanes of at least 4 members (excludes halogenated alkanes) is 1. The summed E-state index contributed by atoms with van der Waals surface area (Å²) in [7, 11) is 0. The van der Waals surface area contributed by atoms with Crippen LogP contribution in [-0.4, -0.2) is 0 Å². The lowest BCUT2D eigenvalue weighted by atomic mass is 9.42. The maximum absolute atomic E-state index is 4.04. The van der Waals surface area contributed by atoms with Crippen molar-refractivity contribution in [2.45, 2.75) is 114 Å². The minimum absolute atomic E-state index is 0.232. The van der Waals surface area contributed by atoms with Gasteiger partial charge in [-0.3, -0.25) is 0 Å². The predicted octanol–water partition coefficient (Wildman–Crippen LogP) is 18.2. The first kappa shape index (κ1) is 44.6. The van der Waals surface area contributed by atoms with Crippen molar-refractivity contribution in [3.8, 4) is 0 Å². The summed E-state index contributed by atoms with van der Waals surface area (Å²) in [6, 6.07) is 68.6. The van der Waals surface area contributed by atoms with E-state index in [4.69, 9.17) is 0 Å². The number of fused-ring (bicyclic) bond motifs is 3. The third-order valence-corrected chi connectivity index (χ3v) is 18.6. The van der Waals surface area contributed by atoms with E-state index in [1.807, 2.05) is 6.08 Å². The van der Waals surface area contributed by atoms with E-state index in [0.717, 1.165) is 41.7 Å². The molecule has 0 aromatic heterocycles. The van der Waals surface area contributed by atoms with Crippen LogP contribution in [-0.2, 0) is 55.8 Å². The molecule has 2 atom stereocenters.